The van der Waals surface area contributed by atoms with E-state index in [2.05, 4.69) is 5.32 Å². The second-order valence-corrected chi connectivity index (χ2v) is 12.6. The van der Waals surface area contributed by atoms with E-state index in [1.807, 2.05) is 65.0 Å². The Morgan fingerprint density at radius 3 is 2.41 bits per heavy atom. The molecule has 2 aliphatic rings. The number of ketones is 1. The van der Waals surface area contributed by atoms with Crippen LogP contribution in [0.1, 0.15) is 62.5 Å². The maximum atomic E-state index is 14.7. The molecule has 2 unspecified atom stereocenters. The van der Waals surface area contributed by atoms with Crippen LogP contribution in [0, 0.1) is 24.7 Å². The average molecular weight is 568 g/mol. The molecule has 4 rings (SSSR count). The lowest BCUT2D eigenvalue weighted by Crippen LogP contribution is -2.75. The number of hydrogen-bond acceptors (Lipinski definition) is 7. The van der Waals surface area contributed by atoms with Gasteiger partial charge in [0.25, 0.3) is 0 Å². The Morgan fingerprint density at radius 2 is 1.83 bits per heavy atom. The largest absolute Gasteiger partial charge is 0.496 e. The number of ether oxygens (including phenoxy) is 3. The van der Waals surface area contributed by atoms with Gasteiger partial charge in [0.1, 0.15) is 29.3 Å². The fourth-order valence-corrected chi connectivity index (χ4v) is 6.98. The number of nitrogens with zero attached hydrogens (tertiary/aromatic N) is 1. The fraction of sp³-hybridized carbons (Fsp3) is 0.531. The highest BCUT2D eigenvalue weighted by molar-refractivity contribution is 6.05. The van der Waals surface area contributed by atoms with Crippen molar-refractivity contribution in [3.05, 3.63) is 52.6 Å². The minimum Gasteiger partial charge on any atom is -0.496 e. The Balaban J connectivity index is 2.10. The zero-order chi connectivity index (χ0) is 30.3. The summed E-state index contributed by atoms with van der Waals surface area (Å²) in [6.45, 7) is 11.8. The van der Waals surface area contributed by atoms with Gasteiger partial charge in [-0.25, -0.2) is 9.28 Å². The standard InChI is InChI=1S/C32H42N2O7/c1-19-9-11-24-23(15-19)29(22-10-12-25(39-7)20(2)28(22)40-8)41-16-27(36)34(24,18-31(4,5)6)26-13-14-33-17-32(26,21(3)35)30(37)38/h9-12,15,26,29,33H,13-14,16-18H2,1-8H3/p+1/t26-,29?,32+,34?/m1/s1. The first-order valence-electron chi connectivity index (χ1n) is 14.0. The Morgan fingerprint density at radius 1 is 1.12 bits per heavy atom. The van der Waals surface area contributed by atoms with Crippen molar-refractivity contribution in [1.82, 2.24) is 9.80 Å². The molecule has 4 atom stereocenters. The van der Waals surface area contributed by atoms with Gasteiger partial charge in [0.15, 0.2) is 17.8 Å². The molecule has 0 bridgehead atoms. The van der Waals surface area contributed by atoms with Crippen LogP contribution >= 0.6 is 0 Å². The lowest BCUT2D eigenvalue weighted by Gasteiger charge is -2.51. The molecule has 0 saturated carbocycles. The maximum Gasteiger partial charge on any atom is 0.344 e. The fourth-order valence-electron chi connectivity index (χ4n) is 6.98. The quantitative estimate of drug-likeness (QED) is 0.376. The molecule has 1 amide bonds. The average Bonchev–Trinajstić information content (AvgIpc) is 3.01. The smallest absolute Gasteiger partial charge is 0.344 e. The number of fused-ring (bicyclic) bond motifs is 1. The molecule has 2 aliphatic heterocycles. The summed E-state index contributed by atoms with van der Waals surface area (Å²) in [5.74, 6) is -0.695. The molecule has 0 spiro atoms. The Labute approximate surface area is 242 Å². The van der Waals surface area contributed by atoms with Gasteiger partial charge in [0.2, 0.25) is 0 Å². The van der Waals surface area contributed by atoms with Crippen molar-refractivity contribution in [2.75, 3.05) is 40.5 Å². The van der Waals surface area contributed by atoms with Crippen LogP contribution in [-0.4, -0.2) is 69.3 Å². The summed E-state index contributed by atoms with van der Waals surface area (Å²) in [5.41, 5.74) is 1.72. The number of benzene rings is 2. The summed E-state index contributed by atoms with van der Waals surface area (Å²) in [4.78, 5) is 41.1. The van der Waals surface area contributed by atoms with E-state index in [1.54, 1.807) is 14.2 Å². The van der Waals surface area contributed by atoms with Gasteiger partial charge in [-0.3, -0.25) is 9.59 Å². The zero-order valence-corrected chi connectivity index (χ0v) is 25.4. The molecule has 0 aliphatic carbocycles. The van der Waals surface area contributed by atoms with Crippen LogP contribution in [0.4, 0.5) is 5.69 Å². The number of aliphatic carboxylic acids is 1. The number of amides is 1. The zero-order valence-electron chi connectivity index (χ0n) is 25.4. The van der Waals surface area contributed by atoms with Gasteiger partial charge in [0.05, 0.1) is 20.8 Å². The van der Waals surface area contributed by atoms with E-state index in [0.29, 0.717) is 36.7 Å². The van der Waals surface area contributed by atoms with E-state index in [-0.39, 0.29) is 23.5 Å². The number of carboxylic acids is 1. The summed E-state index contributed by atoms with van der Waals surface area (Å²) in [6, 6.07) is 8.77. The molecule has 0 radical (unpaired) electrons. The Hall–Kier alpha value is -3.27. The number of carboxylic acid groups (broad SMARTS) is 1. The highest BCUT2D eigenvalue weighted by Gasteiger charge is 2.65. The van der Waals surface area contributed by atoms with Gasteiger partial charge >= 0.3 is 11.9 Å². The normalized spacial score (nSPS) is 26.6. The Bertz CT molecular complexity index is 1350. The van der Waals surface area contributed by atoms with Gasteiger partial charge in [0, 0.05) is 47.7 Å². The maximum absolute atomic E-state index is 14.7. The number of quaternary nitrogens is 1. The molecule has 9 heteroatoms. The number of Topliss-reactive ketones (excluding diaryl/α,β-unsaturated/α-hetero) is 1. The second kappa shape index (κ2) is 11.2. The van der Waals surface area contributed by atoms with Crippen molar-refractivity contribution in [3.8, 4) is 11.5 Å². The summed E-state index contributed by atoms with van der Waals surface area (Å²) < 4.78 is 17.6. The second-order valence-electron chi connectivity index (χ2n) is 12.6. The van der Waals surface area contributed by atoms with Crippen molar-refractivity contribution in [2.45, 2.75) is 60.1 Å². The third kappa shape index (κ3) is 5.04. The molecule has 9 nitrogen and oxygen atoms in total. The summed E-state index contributed by atoms with van der Waals surface area (Å²) >= 11 is 0. The number of piperidine rings is 1. The Kier molecular flexibility index (Phi) is 8.38. The van der Waals surface area contributed by atoms with E-state index in [9.17, 15) is 19.5 Å². The van der Waals surface area contributed by atoms with Crippen LogP contribution in [-0.2, 0) is 19.1 Å². The van der Waals surface area contributed by atoms with E-state index in [4.69, 9.17) is 14.2 Å². The molecule has 2 heterocycles. The lowest BCUT2D eigenvalue weighted by molar-refractivity contribution is -0.164. The number of carbonyl (C=O) groups is 3. The first kappa shape index (κ1) is 30.7. The van der Waals surface area contributed by atoms with Crippen molar-refractivity contribution >= 4 is 23.3 Å². The number of rotatable bonds is 7. The van der Waals surface area contributed by atoms with Gasteiger partial charge in [-0.05, 0) is 39.0 Å². The van der Waals surface area contributed by atoms with Gasteiger partial charge in [-0.15, -0.1) is 0 Å². The third-order valence-corrected chi connectivity index (χ3v) is 8.64. The van der Waals surface area contributed by atoms with E-state index >= 15 is 0 Å². The van der Waals surface area contributed by atoms with Crippen molar-refractivity contribution in [3.63, 3.8) is 0 Å². The van der Waals surface area contributed by atoms with Crippen LogP contribution < -0.4 is 19.3 Å². The molecular formula is C32H43N2O7+. The predicted molar refractivity (Wildman–Crippen MR) is 156 cm³/mol. The summed E-state index contributed by atoms with van der Waals surface area (Å²) in [5, 5.41) is 13.8. The van der Waals surface area contributed by atoms with Crippen LogP contribution in [0.3, 0.4) is 0 Å². The molecule has 41 heavy (non-hydrogen) atoms. The number of aryl methyl sites for hydroxylation is 1. The summed E-state index contributed by atoms with van der Waals surface area (Å²) in [7, 11) is 3.19. The first-order valence-corrected chi connectivity index (χ1v) is 14.0. The molecule has 2 aromatic carbocycles. The van der Waals surface area contributed by atoms with E-state index in [1.165, 1.54) is 6.92 Å². The van der Waals surface area contributed by atoms with Crippen molar-refractivity contribution in [1.29, 1.82) is 0 Å². The highest BCUT2D eigenvalue weighted by Crippen LogP contribution is 2.50. The van der Waals surface area contributed by atoms with E-state index < -0.39 is 34.7 Å². The topological polar surface area (TPSA) is 111 Å². The van der Waals surface area contributed by atoms with Crippen LogP contribution in [0.25, 0.3) is 0 Å². The van der Waals surface area contributed by atoms with Gasteiger partial charge in [-0.2, -0.15) is 0 Å². The van der Waals surface area contributed by atoms with Gasteiger partial charge < -0.3 is 24.6 Å². The molecule has 0 aromatic heterocycles. The van der Waals surface area contributed by atoms with Crippen LogP contribution in [0.15, 0.2) is 30.3 Å². The number of carbonyl (C=O) groups excluding carboxylic acids is 2. The third-order valence-electron chi connectivity index (χ3n) is 8.64. The number of nitrogens with one attached hydrogen (secondary N) is 1. The molecule has 1 fully saturated rings. The van der Waals surface area contributed by atoms with Crippen LogP contribution in [0.5, 0.6) is 11.5 Å². The summed E-state index contributed by atoms with van der Waals surface area (Å²) in [6.07, 6.45) is -0.344. The first-order chi connectivity index (χ1) is 19.2. The SMILES string of the molecule is COc1ccc(C2OCC(=O)[N+](CC(C)(C)C)([C@@H]3CCNC[C@@]3(C(C)=O)C(=O)O)c3ccc(C)cc32)c(OC)c1C. The monoisotopic (exact) mass is 567 g/mol. The molecular weight excluding hydrogens is 524 g/mol. The van der Waals surface area contributed by atoms with E-state index in [0.717, 1.165) is 22.3 Å². The molecule has 2 N–H and O–H groups in total. The highest BCUT2D eigenvalue weighted by atomic mass is 16.5. The van der Waals surface area contributed by atoms with Gasteiger partial charge in [-0.1, -0.05) is 32.4 Å². The van der Waals surface area contributed by atoms with Crippen LogP contribution in [0.2, 0.25) is 0 Å². The number of hydrogen-bond donors (Lipinski definition) is 2. The lowest BCUT2D eigenvalue weighted by atomic mass is 9.70. The molecule has 222 valence electrons. The number of methoxy groups -OCH3 is 2. The van der Waals surface area contributed by atoms with Crippen molar-refractivity contribution in [2.24, 2.45) is 10.8 Å². The molecule has 1 saturated heterocycles. The minimum absolute atomic E-state index is 0.0449. The predicted octanol–water partition coefficient (Wildman–Crippen LogP) is 4.34. The minimum atomic E-state index is -1.80. The van der Waals surface area contributed by atoms with Crippen molar-refractivity contribution < 1.29 is 33.7 Å². The molecule has 2 aromatic rings.